The molecule has 0 bridgehead atoms. The van der Waals surface area contributed by atoms with E-state index in [1.54, 1.807) is 0 Å². The lowest BCUT2D eigenvalue weighted by Gasteiger charge is -2.17. The van der Waals surface area contributed by atoms with Crippen molar-refractivity contribution in [1.29, 1.82) is 0 Å². The summed E-state index contributed by atoms with van der Waals surface area (Å²) < 4.78 is 0. The first kappa shape index (κ1) is 15.1. The molecule has 0 radical (unpaired) electrons. The maximum Gasteiger partial charge on any atom is 0.246 e. The molecule has 2 aromatic rings. The highest BCUT2D eigenvalue weighted by molar-refractivity contribution is 5.96. The molecule has 2 N–H and O–H groups in total. The first-order valence-electron chi connectivity index (χ1n) is 7.17. The lowest BCUT2D eigenvalue weighted by Crippen LogP contribution is -2.32. The molecular formula is C18H22N2O. The summed E-state index contributed by atoms with van der Waals surface area (Å²) in [6.45, 7) is 7.95. The average molecular weight is 282 g/mol. The smallest absolute Gasteiger partial charge is 0.246 e. The van der Waals surface area contributed by atoms with E-state index in [2.05, 4.69) is 30.5 Å². The molecule has 1 amide bonds. The second kappa shape index (κ2) is 6.44. The van der Waals surface area contributed by atoms with Gasteiger partial charge in [0.2, 0.25) is 5.91 Å². The van der Waals surface area contributed by atoms with Crippen LogP contribution in [0.3, 0.4) is 0 Å². The Morgan fingerprint density at radius 1 is 1.00 bits per heavy atom. The highest BCUT2D eigenvalue weighted by Crippen LogP contribution is 2.16. The van der Waals surface area contributed by atoms with Gasteiger partial charge in [-0.15, -0.1) is 0 Å². The Morgan fingerprint density at radius 2 is 1.62 bits per heavy atom. The Bertz CT molecular complexity index is 629. The molecule has 1 atom stereocenters. The number of para-hydroxylation sites is 1. The standard InChI is InChI=1S/C18H22N2O/c1-12-9-13(2)11-16(10-12)19-15(4)18(21)20-17-8-6-5-7-14(17)3/h5-11,15,19H,1-4H3,(H,20,21). The van der Waals surface area contributed by atoms with E-state index in [1.165, 1.54) is 11.1 Å². The molecule has 0 aliphatic heterocycles. The first-order valence-corrected chi connectivity index (χ1v) is 7.17. The van der Waals surface area contributed by atoms with Crippen LogP contribution in [0.1, 0.15) is 23.6 Å². The van der Waals surface area contributed by atoms with Gasteiger partial charge in [0.1, 0.15) is 6.04 Å². The molecule has 0 heterocycles. The van der Waals surface area contributed by atoms with E-state index in [4.69, 9.17) is 0 Å². The molecule has 1 unspecified atom stereocenters. The molecule has 2 rings (SSSR count). The van der Waals surface area contributed by atoms with E-state index in [-0.39, 0.29) is 11.9 Å². The minimum absolute atomic E-state index is 0.0385. The van der Waals surface area contributed by atoms with Crippen LogP contribution in [0.4, 0.5) is 11.4 Å². The fourth-order valence-corrected chi connectivity index (χ4v) is 2.33. The third kappa shape index (κ3) is 4.09. The Kier molecular flexibility index (Phi) is 4.63. The second-order valence-electron chi connectivity index (χ2n) is 5.55. The molecule has 21 heavy (non-hydrogen) atoms. The average Bonchev–Trinajstić information content (AvgIpc) is 2.40. The molecule has 110 valence electrons. The number of carbonyl (C=O) groups excluding carboxylic acids is 1. The molecule has 2 aromatic carbocycles. The normalized spacial score (nSPS) is 11.8. The minimum atomic E-state index is -0.300. The van der Waals surface area contributed by atoms with Gasteiger partial charge in [0, 0.05) is 11.4 Å². The van der Waals surface area contributed by atoms with Gasteiger partial charge in [-0.05, 0) is 62.6 Å². The monoisotopic (exact) mass is 282 g/mol. The number of amides is 1. The van der Waals surface area contributed by atoms with Gasteiger partial charge in [-0.25, -0.2) is 0 Å². The van der Waals surface area contributed by atoms with Crippen LogP contribution in [0.5, 0.6) is 0 Å². The number of hydrogen-bond donors (Lipinski definition) is 2. The summed E-state index contributed by atoms with van der Waals surface area (Å²) in [6.07, 6.45) is 0. The Labute approximate surface area is 126 Å². The molecule has 0 aliphatic rings. The van der Waals surface area contributed by atoms with Crippen LogP contribution in [0.15, 0.2) is 42.5 Å². The number of anilines is 2. The van der Waals surface area contributed by atoms with E-state index < -0.39 is 0 Å². The van der Waals surface area contributed by atoms with Crippen molar-refractivity contribution < 1.29 is 4.79 Å². The number of rotatable bonds is 4. The van der Waals surface area contributed by atoms with Crippen LogP contribution in [0.2, 0.25) is 0 Å². The van der Waals surface area contributed by atoms with Gasteiger partial charge in [0.25, 0.3) is 0 Å². The molecule has 0 fully saturated rings. The van der Waals surface area contributed by atoms with Gasteiger partial charge in [-0.1, -0.05) is 24.3 Å². The highest BCUT2D eigenvalue weighted by atomic mass is 16.2. The van der Waals surface area contributed by atoms with Gasteiger partial charge in [-0.3, -0.25) is 4.79 Å². The summed E-state index contributed by atoms with van der Waals surface area (Å²) in [7, 11) is 0. The Hall–Kier alpha value is -2.29. The van der Waals surface area contributed by atoms with E-state index in [0.29, 0.717) is 0 Å². The summed E-state index contributed by atoms with van der Waals surface area (Å²) in [5, 5.41) is 6.21. The fourth-order valence-electron chi connectivity index (χ4n) is 2.33. The van der Waals surface area contributed by atoms with Crippen molar-refractivity contribution in [1.82, 2.24) is 0 Å². The first-order chi connectivity index (χ1) is 9.95. The largest absolute Gasteiger partial charge is 0.374 e. The van der Waals surface area contributed by atoms with E-state index in [1.807, 2.05) is 50.2 Å². The molecule has 3 heteroatoms. The SMILES string of the molecule is Cc1cc(C)cc(NC(C)C(=O)Nc2ccccc2C)c1. The van der Waals surface area contributed by atoms with Crippen molar-refractivity contribution in [3.8, 4) is 0 Å². The number of hydrogen-bond acceptors (Lipinski definition) is 2. The van der Waals surface area contributed by atoms with Crippen LogP contribution in [-0.2, 0) is 4.79 Å². The van der Waals surface area contributed by atoms with Crippen LogP contribution < -0.4 is 10.6 Å². The van der Waals surface area contributed by atoms with E-state index >= 15 is 0 Å². The predicted molar refractivity (Wildman–Crippen MR) is 88.8 cm³/mol. The van der Waals surface area contributed by atoms with Crippen molar-refractivity contribution in [2.24, 2.45) is 0 Å². The zero-order chi connectivity index (χ0) is 15.4. The molecule has 3 nitrogen and oxygen atoms in total. The van der Waals surface area contributed by atoms with Crippen molar-refractivity contribution >= 4 is 17.3 Å². The number of nitrogens with one attached hydrogen (secondary N) is 2. The maximum atomic E-state index is 12.3. The number of benzene rings is 2. The van der Waals surface area contributed by atoms with E-state index in [9.17, 15) is 4.79 Å². The number of aryl methyl sites for hydroxylation is 3. The molecule has 0 saturated carbocycles. The van der Waals surface area contributed by atoms with Gasteiger partial charge < -0.3 is 10.6 Å². The van der Waals surface area contributed by atoms with Gasteiger partial charge in [-0.2, -0.15) is 0 Å². The zero-order valence-corrected chi connectivity index (χ0v) is 13.0. The molecule has 0 aliphatic carbocycles. The Morgan fingerprint density at radius 3 is 2.24 bits per heavy atom. The molecule has 0 saturated heterocycles. The van der Waals surface area contributed by atoms with Crippen molar-refractivity contribution in [2.75, 3.05) is 10.6 Å². The van der Waals surface area contributed by atoms with Crippen molar-refractivity contribution in [2.45, 2.75) is 33.7 Å². The third-order valence-electron chi connectivity index (χ3n) is 3.40. The van der Waals surface area contributed by atoms with Gasteiger partial charge >= 0.3 is 0 Å². The highest BCUT2D eigenvalue weighted by Gasteiger charge is 2.13. The summed E-state index contributed by atoms with van der Waals surface area (Å²) in [5.74, 6) is -0.0385. The summed E-state index contributed by atoms with van der Waals surface area (Å²) in [4.78, 5) is 12.3. The van der Waals surface area contributed by atoms with Crippen LogP contribution in [-0.4, -0.2) is 11.9 Å². The van der Waals surface area contributed by atoms with Crippen molar-refractivity contribution in [3.05, 3.63) is 59.2 Å². The van der Waals surface area contributed by atoms with Gasteiger partial charge in [0.05, 0.1) is 0 Å². The van der Waals surface area contributed by atoms with Crippen molar-refractivity contribution in [3.63, 3.8) is 0 Å². The lowest BCUT2D eigenvalue weighted by molar-refractivity contribution is -0.116. The molecule has 0 spiro atoms. The van der Waals surface area contributed by atoms with Gasteiger partial charge in [0.15, 0.2) is 0 Å². The molecule has 0 aromatic heterocycles. The summed E-state index contributed by atoms with van der Waals surface area (Å²) in [6, 6.07) is 13.7. The van der Waals surface area contributed by atoms with Crippen LogP contribution in [0, 0.1) is 20.8 Å². The third-order valence-corrected chi connectivity index (χ3v) is 3.40. The number of carbonyl (C=O) groups is 1. The summed E-state index contributed by atoms with van der Waals surface area (Å²) >= 11 is 0. The quantitative estimate of drug-likeness (QED) is 0.888. The maximum absolute atomic E-state index is 12.3. The van der Waals surface area contributed by atoms with Crippen LogP contribution in [0.25, 0.3) is 0 Å². The predicted octanol–water partition coefficient (Wildman–Crippen LogP) is 4.05. The fraction of sp³-hybridized carbons (Fsp3) is 0.278. The zero-order valence-electron chi connectivity index (χ0n) is 13.0. The van der Waals surface area contributed by atoms with Crippen LogP contribution >= 0.6 is 0 Å². The topological polar surface area (TPSA) is 41.1 Å². The second-order valence-corrected chi connectivity index (χ2v) is 5.55. The minimum Gasteiger partial charge on any atom is -0.374 e. The summed E-state index contributed by atoms with van der Waals surface area (Å²) in [5.41, 5.74) is 5.26. The Balaban J connectivity index is 2.04. The lowest BCUT2D eigenvalue weighted by atomic mass is 10.1. The van der Waals surface area contributed by atoms with E-state index in [0.717, 1.165) is 16.9 Å². The molecular weight excluding hydrogens is 260 g/mol.